The smallest absolute Gasteiger partial charge is 0.0166 e. The number of hydrogen-bond donors (Lipinski definition) is 1. The second-order valence-corrected chi connectivity index (χ2v) is 5.74. The summed E-state index contributed by atoms with van der Waals surface area (Å²) in [6.45, 7) is 9.95. The molecule has 2 unspecified atom stereocenters. The van der Waals surface area contributed by atoms with E-state index >= 15 is 0 Å². The van der Waals surface area contributed by atoms with Crippen LogP contribution in [0, 0.1) is 5.92 Å². The number of likely N-dealkylation sites (tertiary alicyclic amines) is 1. The van der Waals surface area contributed by atoms with E-state index in [0.29, 0.717) is 6.04 Å². The molecule has 1 N–H and O–H groups in total. The van der Waals surface area contributed by atoms with Crippen LogP contribution >= 0.6 is 0 Å². The Hall–Kier alpha value is -0.120. The molecule has 94 valence electrons. The molecule has 0 bridgehead atoms. The Labute approximate surface area is 100 Å². The van der Waals surface area contributed by atoms with Gasteiger partial charge in [-0.3, -0.25) is 0 Å². The van der Waals surface area contributed by atoms with E-state index in [1.54, 1.807) is 0 Å². The fraction of sp³-hybridized carbons (Fsp3) is 1.00. The predicted octanol–water partition coefficient (Wildman–Crippen LogP) is 1.01. The quantitative estimate of drug-likeness (QED) is 0.757. The lowest BCUT2D eigenvalue weighted by Crippen LogP contribution is -2.42. The third-order valence-electron chi connectivity index (χ3n) is 3.91. The van der Waals surface area contributed by atoms with Crippen LogP contribution in [0.25, 0.3) is 0 Å². The van der Waals surface area contributed by atoms with Gasteiger partial charge in [0.25, 0.3) is 0 Å². The van der Waals surface area contributed by atoms with Gasteiger partial charge in [0, 0.05) is 25.7 Å². The number of nitrogens with one attached hydrogen (secondary N) is 1. The van der Waals surface area contributed by atoms with Crippen LogP contribution < -0.4 is 5.32 Å². The van der Waals surface area contributed by atoms with Gasteiger partial charge in [-0.1, -0.05) is 0 Å². The molecule has 2 rings (SSSR count). The Morgan fingerprint density at radius 1 is 1.19 bits per heavy atom. The Morgan fingerprint density at radius 3 is 2.88 bits per heavy atom. The minimum Gasteiger partial charge on any atom is -0.313 e. The number of rotatable bonds is 2. The lowest BCUT2D eigenvalue weighted by Gasteiger charge is -2.33. The maximum absolute atomic E-state index is 3.57. The van der Waals surface area contributed by atoms with Crippen molar-refractivity contribution in [2.45, 2.75) is 32.2 Å². The monoisotopic (exact) mass is 225 g/mol. The molecule has 0 spiro atoms. The van der Waals surface area contributed by atoms with Crippen LogP contribution in [0.15, 0.2) is 0 Å². The molecule has 16 heavy (non-hydrogen) atoms. The predicted molar refractivity (Wildman–Crippen MR) is 68.7 cm³/mol. The molecule has 2 fully saturated rings. The maximum atomic E-state index is 3.57. The van der Waals surface area contributed by atoms with Crippen molar-refractivity contribution in [1.82, 2.24) is 15.1 Å². The van der Waals surface area contributed by atoms with Gasteiger partial charge in [-0.25, -0.2) is 0 Å². The molecule has 2 aliphatic heterocycles. The molecule has 0 amide bonds. The molecule has 2 atom stereocenters. The van der Waals surface area contributed by atoms with Gasteiger partial charge in [0.05, 0.1) is 0 Å². The van der Waals surface area contributed by atoms with Crippen LogP contribution in [0.5, 0.6) is 0 Å². The number of piperidine rings is 1. The SMILES string of the molecule is CC1CN(CC2CCCN(C)C2)CCCN1. The average Bonchev–Trinajstić information content (AvgIpc) is 2.43. The molecule has 0 aliphatic carbocycles. The first-order chi connectivity index (χ1) is 7.74. The van der Waals surface area contributed by atoms with Crippen LogP contribution in [0.3, 0.4) is 0 Å². The molecule has 0 radical (unpaired) electrons. The van der Waals surface area contributed by atoms with Crippen molar-refractivity contribution in [2.24, 2.45) is 5.92 Å². The fourth-order valence-electron chi connectivity index (χ4n) is 3.15. The van der Waals surface area contributed by atoms with Crippen LogP contribution in [-0.4, -0.2) is 62.2 Å². The van der Waals surface area contributed by atoms with Crippen molar-refractivity contribution >= 4 is 0 Å². The van der Waals surface area contributed by atoms with Crippen LogP contribution in [0.2, 0.25) is 0 Å². The number of nitrogens with zero attached hydrogens (tertiary/aromatic N) is 2. The molecule has 0 aromatic rings. The highest BCUT2D eigenvalue weighted by Gasteiger charge is 2.21. The molecule has 2 heterocycles. The first kappa shape index (κ1) is 12.3. The van der Waals surface area contributed by atoms with E-state index in [1.807, 2.05) is 0 Å². The van der Waals surface area contributed by atoms with Crippen molar-refractivity contribution in [3.63, 3.8) is 0 Å². The van der Waals surface area contributed by atoms with Crippen LogP contribution in [0.4, 0.5) is 0 Å². The summed E-state index contributed by atoms with van der Waals surface area (Å²) in [6.07, 6.45) is 4.14. The summed E-state index contributed by atoms with van der Waals surface area (Å²) in [7, 11) is 2.26. The Kier molecular flexibility index (Phi) is 4.62. The van der Waals surface area contributed by atoms with Crippen molar-refractivity contribution in [3.8, 4) is 0 Å². The summed E-state index contributed by atoms with van der Waals surface area (Å²) in [4.78, 5) is 5.17. The third kappa shape index (κ3) is 3.72. The van der Waals surface area contributed by atoms with Gasteiger partial charge in [0.2, 0.25) is 0 Å². The van der Waals surface area contributed by atoms with E-state index < -0.39 is 0 Å². The van der Waals surface area contributed by atoms with Crippen molar-refractivity contribution in [2.75, 3.05) is 46.3 Å². The Morgan fingerprint density at radius 2 is 2.06 bits per heavy atom. The molecular weight excluding hydrogens is 198 g/mol. The second-order valence-electron chi connectivity index (χ2n) is 5.74. The molecule has 0 aromatic carbocycles. The first-order valence-electron chi connectivity index (χ1n) is 6.88. The van der Waals surface area contributed by atoms with Crippen LogP contribution in [0.1, 0.15) is 26.2 Å². The van der Waals surface area contributed by atoms with Gasteiger partial charge in [-0.05, 0) is 58.8 Å². The molecule has 3 heteroatoms. The summed E-state index contributed by atoms with van der Waals surface area (Å²) < 4.78 is 0. The van der Waals surface area contributed by atoms with E-state index in [0.717, 1.165) is 5.92 Å². The van der Waals surface area contributed by atoms with Gasteiger partial charge < -0.3 is 15.1 Å². The Bertz CT molecular complexity index is 207. The molecule has 0 saturated carbocycles. The number of hydrogen-bond acceptors (Lipinski definition) is 3. The highest BCUT2D eigenvalue weighted by Crippen LogP contribution is 2.17. The second kappa shape index (κ2) is 5.99. The van der Waals surface area contributed by atoms with Gasteiger partial charge in [0.1, 0.15) is 0 Å². The average molecular weight is 225 g/mol. The maximum Gasteiger partial charge on any atom is 0.0166 e. The fourth-order valence-corrected chi connectivity index (χ4v) is 3.15. The van der Waals surface area contributed by atoms with E-state index in [2.05, 4.69) is 29.1 Å². The molecule has 2 saturated heterocycles. The van der Waals surface area contributed by atoms with Gasteiger partial charge >= 0.3 is 0 Å². The lowest BCUT2D eigenvalue weighted by atomic mass is 9.97. The van der Waals surface area contributed by atoms with Gasteiger partial charge in [0.15, 0.2) is 0 Å². The molecule has 0 aromatic heterocycles. The van der Waals surface area contributed by atoms with Gasteiger partial charge in [-0.2, -0.15) is 0 Å². The van der Waals surface area contributed by atoms with E-state index in [1.165, 1.54) is 58.5 Å². The zero-order valence-corrected chi connectivity index (χ0v) is 10.9. The zero-order chi connectivity index (χ0) is 11.4. The topological polar surface area (TPSA) is 18.5 Å². The molecule has 2 aliphatic rings. The standard InChI is InChI=1S/C13H27N3/c1-12-9-16(8-4-6-14-12)11-13-5-3-7-15(2)10-13/h12-14H,3-11H2,1-2H3. The summed E-state index contributed by atoms with van der Waals surface area (Å²) in [6, 6.07) is 0.670. The lowest BCUT2D eigenvalue weighted by molar-refractivity contribution is 0.151. The summed E-state index contributed by atoms with van der Waals surface area (Å²) in [5, 5.41) is 3.57. The summed E-state index contributed by atoms with van der Waals surface area (Å²) >= 11 is 0. The van der Waals surface area contributed by atoms with E-state index in [4.69, 9.17) is 0 Å². The van der Waals surface area contributed by atoms with E-state index in [-0.39, 0.29) is 0 Å². The molecular formula is C13H27N3. The highest BCUT2D eigenvalue weighted by atomic mass is 15.2. The molecule has 3 nitrogen and oxygen atoms in total. The zero-order valence-electron chi connectivity index (χ0n) is 10.9. The van der Waals surface area contributed by atoms with Crippen molar-refractivity contribution in [1.29, 1.82) is 0 Å². The third-order valence-corrected chi connectivity index (χ3v) is 3.91. The Balaban J connectivity index is 1.78. The van der Waals surface area contributed by atoms with Crippen LogP contribution in [-0.2, 0) is 0 Å². The van der Waals surface area contributed by atoms with Gasteiger partial charge in [-0.15, -0.1) is 0 Å². The minimum atomic E-state index is 0.670. The normalized spacial score (nSPS) is 34.9. The van der Waals surface area contributed by atoms with Crippen molar-refractivity contribution in [3.05, 3.63) is 0 Å². The largest absolute Gasteiger partial charge is 0.313 e. The van der Waals surface area contributed by atoms with E-state index in [9.17, 15) is 0 Å². The minimum absolute atomic E-state index is 0.670. The summed E-state index contributed by atoms with van der Waals surface area (Å²) in [5.41, 5.74) is 0. The highest BCUT2D eigenvalue weighted by molar-refractivity contribution is 4.78. The van der Waals surface area contributed by atoms with Crippen molar-refractivity contribution < 1.29 is 0 Å². The first-order valence-corrected chi connectivity index (χ1v) is 6.88. The summed E-state index contributed by atoms with van der Waals surface area (Å²) in [5.74, 6) is 0.907.